The molecule has 1 aromatic carbocycles. The summed E-state index contributed by atoms with van der Waals surface area (Å²) in [6.45, 7) is 0. The van der Waals surface area contributed by atoms with Gasteiger partial charge in [0.25, 0.3) is 0 Å². The molecule has 1 nitrogen and oxygen atoms in total. The van der Waals surface area contributed by atoms with Gasteiger partial charge < -0.3 is 0 Å². The van der Waals surface area contributed by atoms with Crippen LogP contribution in [0.3, 0.4) is 0 Å². The molecule has 2 heteroatoms. The van der Waals surface area contributed by atoms with Crippen molar-refractivity contribution in [2.75, 3.05) is 0 Å². The van der Waals surface area contributed by atoms with E-state index in [0.717, 1.165) is 5.56 Å². The molecule has 0 aliphatic carbocycles. The fraction of sp³-hybridized carbons (Fsp3) is 0. The topological polar surface area (TPSA) is 17.1 Å². The normalized spacial score (nSPS) is 8.44. The van der Waals surface area contributed by atoms with E-state index >= 15 is 0 Å². The Hall–Kier alpha value is -0.680. The summed E-state index contributed by atoms with van der Waals surface area (Å²) < 4.78 is 10.0. The third-order valence-corrected chi connectivity index (χ3v) is 1.40. The van der Waals surface area contributed by atoms with Crippen molar-refractivity contribution < 1.29 is 4.57 Å². The molecule has 0 spiro atoms. The minimum atomic E-state index is 0.0700. The molecule has 0 N–H and O–H groups in total. The van der Waals surface area contributed by atoms with Crippen LogP contribution in [0, 0.1) is 0 Å². The van der Waals surface area contributed by atoms with E-state index in [1.54, 1.807) is 5.80 Å². The van der Waals surface area contributed by atoms with Crippen LogP contribution in [-0.2, 0) is 4.57 Å². The zero-order valence-electron chi connectivity index (χ0n) is 4.82. The summed E-state index contributed by atoms with van der Waals surface area (Å²) in [7, 11) is 0.0700. The molecule has 0 fully saturated rings. The van der Waals surface area contributed by atoms with E-state index in [9.17, 15) is 4.57 Å². The first-order valence-corrected chi connectivity index (χ1v) is 3.52. The van der Waals surface area contributed by atoms with Crippen LogP contribution in [0.2, 0.25) is 0 Å². The average molecular weight is 137 g/mol. The standard InChI is InChI=1S/C7H6OP/c8-9-6-7-4-2-1-3-5-7/h1-6H/q+1. The minimum absolute atomic E-state index is 0.0700. The summed E-state index contributed by atoms with van der Waals surface area (Å²) in [4.78, 5) is 0. The van der Waals surface area contributed by atoms with Crippen molar-refractivity contribution in [1.29, 1.82) is 0 Å². The Morgan fingerprint density at radius 3 is 2.44 bits per heavy atom. The molecule has 0 atom stereocenters. The van der Waals surface area contributed by atoms with Gasteiger partial charge in [-0.3, -0.25) is 0 Å². The Bertz CT molecular complexity index is 224. The molecule has 0 bridgehead atoms. The number of rotatable bonds is 1. The van der Waals surface area contributed by atoms with Crippen LogP contribution in [-0.4, -0.2) is 5.80 Å². The van der Waals surface area contributed by atoms with Crippen molar-refractivity contribution in [3.05, 3.63) is 35.9 Å². The van der Waals surface area contributed by atoms with Gasteiger partial charge in [-0.2, -0.15) is 0 Å². The van der Waals surface area contributed by atoms with Crippen molar-refractivity contribution in [2.45, 2.75) is 0 Å². The third-order valence-electron chi connectivity index (χ3n) is 1.00. The van der Waals surface area contributed by atoms with Gasteiger partial charge in [0.1, 0.15) is 0 Å². The van der Waals surface area contributed by atoms with E-state index in [2.05, 4.69) is 0 Å². The summed E-state index contributed by atoms with van der Waals surface area (Å²) in [5.74, 6) is 1.62. The summed E-state index contributed by atoms with van der Waals surface area (Å²) >= 11 is 0. The fourth-order valence-corrected chi connectivity index (χ4v) is 0.894. The van der Waals surface area contributed by atoms with Crippen molar-refractivity contribution >= 4 is 13.9 Å². The van der Waals surface area contributed by atoms with E-state index in [0.29, 0.717) is 0 Å². The Labute approximate surface area is 55.2 Å². The van der Waals surface area contributed by atoms with E-state index < -0.39 is 0 Å². The molecule has 1 rings (SSSR count). The molecule has 1 aromatic rings. The zero-order valence-corrected chi connectivity index (χ0v) is 5.71. The quantitative estimate of drug-likeness (QED) is 0.542. The van der Waals surface area contributed by atoms with Gasteiger partial charge in [-0.25, -0.2) is 0 Å². The van der Waals surface area contributed by atoms with E-state index in [4.69, 9.17) is 0 Å². The van der Waals surface area contributed by atoms with Crippen molar-refractivity contribution in [3.63, 3.8) is 0 Å². The van der Waals surface area contributed by atoms with E-state index in [1.807, 2.05) is 30.3 Å². The van der Waals surface area contributed by atoms with Gasteiger partial charge in [0.2, 0.25) is 0 Å². The summed E-state index contributed by atoms with van der Waals surface area (Å²) in [5, 5.41) is 0. The molecule has 9 heavy (non-hydrogen) atoms. The van der Waals surface area contributed by atoms with E-state index in [-0.39, 0.29) is 8.08 Å². The van der Waals surface area contributed by atoms with Gasteiger partial charge in [0, 0.05) is 0 Å². The Balaban J connectivity index is 2.97. The molecule has 0 amide bonds. The molecule has 0 radical (unpaired) electrons. The predicted octanol–water partition coefficient (Wildman–Crippen LogP) is 2.13. The van der Waals surface area contributed by atoms with Crippen molar-refractivity contribution in [3.8, 4) is 0 Å². The monoisotopic (exact) mass is 137 g/mol. The first kappa shape index (κ1) is 6.44. The number of benzene rings is 1. The number of hydrogen-bond donors (Lipinski definition) is 0. The third kappa shape index (κ3) is 1.95. The Kier molecular flexibility index (Phi) is 2.41. The van der Waals surface area contributed by atoms with Crippen LogP contribution in [0.25, 0.3) is 0 Å². The average Bonchev–Trinajstić information content (AvgIpc) is 1.91. The van der Waals surface area contributed by atoms with Crippen molar-refractivity contribution in [2.24, 2.45) is 0 Å². The summed E-state index contributed by atoms with van der Waals surface area (Å²) in [5.41, 5.74) is 0.995. The predicted molar refractivity (Wildman–Crippen MR) is 39.2 cm³/mol. The van der Waals surface area contributed by atoms with E-state index in [1.165, 1.54) is 0 Å². The zero-order chi connectivity index (χ0) is 6.53. The van der Waals surface area contributed by atoms with Crippen LogP contribution in [0.5, 0.6) is 0 Å². The Morgan fingerprint density at radius 1 is 1.22 bits per heavy atom. The molecule has 0 heterocycles. The molecular weight excluding hydrogens is 131 g/mol. The Morgan fingerprint density at radius 2 is 1.89 bits per heavy atom. The molecule has 0 aliphatic heterocycles. The molecule has 0 aromatic heterocycles. The van der Waals surface area contributed by atoms with Gasteiger partial charge in [-0.05, 0) is 0 Å². The molecule has 0 saturated carbocycles. The van der Waals surface area contributed by atoms with Crippen LogP contribution < -0.4 is 0 Å². The molecule has 0 aliphatic rings. The maximum atomic E-state index is 10.0. The van der Waals surface area contributed by atoms with Crippen LogP contribution in [0.15, 0.2) is 30.3 Å². The first-order chi connectivity index (χ1) is 4.43. The molecule has 0 saturated heterocycles. The van der Waals surface area contributed by atoms with Crippen LogP contribution in [0.4, 0.5) is 0 Å². The second-order valence-electron chi connectivity index (χ2n) is 1.65. The summed E-state index contributed by atoms with van der Waals surface area (Å²) in [6.07, 6.45) is 0. The number of hydrogen-bond acceptors (Lipinski definition) is 1. The van der Waals surface area contributed by atoms with Crippen molar-refractivity contribution in [1.82, 2.24) is 0 Å². The van der Waals surface area contributed by atoms with Gasteiger partial charge in [-0.1, -0.05) is 0 Å². The maximum absolute atomic E-state index is 10.0. The van der Waals surface area contributed by atoms with Gasteiger partial charge >= 0.3 is 54.3 Å². The SMILES string of the molecule is O=[P+]=Cc1ccccc1. The van der Waals surface area contributed by atoms with Gasteiger partial charge in [0.05, 0.1) is 0 Å². The second-order valence-corrected chi connectivity index (χ2v) is 2.11. The first-order valence-electron chi connectivity index (χ1n) is 2.64. The van der Waals surface area contributed by atoms with Gasteiger partial charge in [0.15, 0.2) is 0 Å². The fourth-order valence-electron chi connectivity index (χ4n) is 0.600. The second kappa shape index (κ2) is 3.37. The van der Waals surface area contributed by atoms with Crippen LogP contribution in [0.1, 0.15) is 5.56 Å². The summed E-state index contributed by atoms with van der Waals surface area (Å²) in [6, 6.07) is 9.57. The molecule has 0 unspecified atom stereocenters. The molecule has 44 valence electrons. The molecular formula is C7H6OP+. The van der Waals surface area contributed by atoms with Crippen LogP contribution >= 0.6 is 8.08 Å². The van der Waals surface area contributed by atoms with Gasteiger partial charge in [-0.15, -0.1) is 0 Å².